The number of aromatic nitrogens is 1. The van der Waals surface area contributed by atoms with Crippen molar-refractivity contribution >= 4 is 35.8 Å². The molecule has 1 aromatic rings. The summed E-state index contributed by atoms with van der Waals surface area (Å²) in [4.78, 5) is 23.7. The number of guanidine groups is 1. The van der Waals surface area contributed by atoms with Gasteiger partial charge in [0.25, 0.3) is 0 Å². The van der Waals surface area contributed by atoms with E-state index in [0.29, 0.717) is 39.4 Å². The van der Waals surface area contributed by atoms with Crippen LogP contribution in [-0.4, -0.2) is 104 Å². The highest BCUT2D eigenvalue weighted by Crippen LogP contribution is 2.13. The van der Waals surface area contributed by atoms with Gasteiger partial charge in [0.2, 0.25) is 5.91 Å². The van der Waals surface area contributed by atoms with Gasteiger partial charge in [-0.25, -0.2) is 0 Å². The summed E-state index contributed by atoms with van der Waals surface area (Å²) in [6.45, 7) is 14.2. The monoisotopic (exact) mass is 534 g/mol. The molecule has 10 heteroatoms. The van der Waals surface area contributed by atoms with Gasteiger partial charge in [-0.3, -0.25) is 14.7 Å². The van der Waals surface area contributed by atoms with Gasteiger partial charge in [-0.2, -0.15) is 0 Å². The molecule has 1 N–H and O–H groups in total. The summed E-state index contributed by atoms with van der Waals surface area (Å²) in [5, 5.41) is 7.41. The molecule has 0 atom stereocenters. The molecule has 170 valence electrons. The van der Waals surface area contributed by atoms with Crippen LogP contribution in [0.3, 0.4) is 0 Å². The first-order valence-corrected chi connectivity index (χ1v) is 10.6. The maximum atomic E-state index is 12.5. The van der Waals surface area contributed by atoms with Gasteiger partial charge < -0.3 is 24.4 Å². The first-order valence-electron chi connectivity index (χ1n) is 10.6. The predicted molar refractivity (Wildman–Crippen MR) is 126 cm³/mol. The van der Waals surface area contributed by atoms with Crippen molar-refractivity contribution in [3.63, 3.8) is 0 Å². The first kappa shape index (κ1) is 24.9. The summed E-state index contributed by atoms with van der Waals surface area (Å²) in [5.41, 5.74) is 2.09. The Balaban J connectivity index is 0.00000320. The number of carbonyl (C=O) groups excluding carboxylic acids is 1. The number of nitrogens with one attached hydrogen (secondary N) is 1. The lowest BCUT2D eigenvalue weighted by Crippen LogP contribution is -2.55. The van der Waals surface area contributed by atoms with E-state index in [9.17, 15) is 4.79 Å². The van der Waals surface area contributed by atoms with Gasteiger partial charge in [0, 0.05) is 57.9 Å². The Morgan fingerprint density at radius 1 is 1.10 bits per heavy atom. The molecule has 2 fully saturated rings. The molecule has 1 amide bonds. The topological polar surface area (TPSA) is 86.4 Å². The van der Waals surface area contributed by atoms with Crippen LogP contribution in [0, 0.1) is 13.8 Å². The number of halogens is 1. The van der Waals surface area contributed by atoms with Crippen molar-refractivity contribution in [1.29, 1.82) is 0 Å². The number of hydrogen-bond donors (Lipinski definition) is 1. The van der Waals surface area contributed by atoms with Crippen molar-refractivity contribution in [3.05, 3.63) is 17.0 Å². The van der Waals surface area contributed by atoms with Gasteiger partial charge in [-0.15, -0.1) is 24.0 Å². The molecule has 0 aliphatic carbocycles. The molecule has 0 radical (unpaired) electrons. The summed E-state index contributed by atoms with van der Waals surface area (Å²) in [7, 11) is 0. The SMILES string of the molecule is CCNC(=NCCc1c(C)noc1C)N1CCN(CC(=O)N2CCOCC2)CC1.I. The largest absolute Gasteiger partial charge is 0.378 e. The van der Waals surface area contributed by atoms with Crippen LogP contribution in [0.2, 0.25) is 0 Å². The molecule has 2 aliphatic rings. The minimum Gasteiger partial charge on any atom is -0.378 e. The fourth-order valence-electron chi connectivity index (χ4n) is 3.78. The third-order valence-corrected chi connectivity index (χ3v) is 5.53. The zero-order chi connectivity index (χ0) is 20.6. The smallest absolute Gasteiger partial charge is 0.236 e. The minimum absolute atomic E-state index is 0. The molecule has 0 unspecified atom stereocenters. The highest BCUT2D eigenvalue weighted by atomic mass is 127. The van der Waals surface area contributed by atoms with E-state index < -0.39 is 0 Å². The number of aryl methyl sites for hydroxylation is 2. The molecular weight excluding hydrogens is 499 g/mol. The summed E-state index contributed by atoms with van der Waals surface area (Å²) in [6, 6.07) is 0. The second-order valence-corrected chi connectivity index (χ2v) is 7.54. The average molecular weight is 534 g/mol. The number of carbonyl (C=O) groups is 1. The predicted octanol–water partition coefficient (Wildman–Crippen LogP) is 0.894. The lowest BCUT2D eigenvalue weighted by Gasteiger charge is -2.37. The summed E-state index contributed by atoms with van der Waals surface area (Å²) < 4.78 is 10.6. The highest BCUT2D eigenvalue weighted by Gasteiger charge is 2.24. The molecule has 1 aromatic heterocycles. The van der Waals surface area contributed by atoms with E-state index in [1.807, 2.05) is 18.7 Å². The van der Waals surface area contributed by atoms with Gasteiger partial charge in [-0.1, -0.05) is 5.16 Å². The molecule has 0 bridgehead atoms. The van der Waals surface area contributed by atoms with Gasteiger partial charge in [0.1, 0.15) is 5.76 Å². The van der Waals surface area contributed by atoms with Gasteiger partial charge in [0.15, 0.2) is 5.96 Å². The average Bonchev–Trinajstić information content (AvgIpc) is 3.06. The van der Waals surface area contributed by atoms with Crippen LogP contribution < -0.4 is 5.32 Å². The molecule has 3 rings (SSSR count). The Morgan fingerprint density at radius 3 is 2.40 bits per heavy atom. The molecule has 3 heterocycles. The number of morpholine rings is 1. The van der Waals surface area contributed by atoms with Crippen molar-refractivity contribution < 1.29 is 14.1 Å². The van der Waals surface area contributed by atoms with E-state index in [1.165, 1.54) is 0 Å². The van der Waals surface area contributed by atoms with E-state index in [0.717, 1.165) is 62.1 Å². The van der Waals surface area contributed by atoms with Crippen molar-refractivity contribution in [2.75, 3.05) is 72.1 Å². The van der Waals surface area contributed by atoms with Crippen LogP contribution in [0.25, 0.3) is 0 Å². The van der Waals surface area contributed by atoms with Crippen LogP contribution >= 0.6 is 24.0 Å². The molecule has 30 heavy (non-hydrogen) atoms. The van der Waals surface area contributed by atoms with Gasteiger partial charge >= 0.3 is 0 Å². The molecule has 0 saturated carbocycles. The first-order chi connectivity index (χ1) is 14.1. The molecule has 0 aromatic carbocycles. The van der Waals surface area contributed by atoms with Crippen molar-refractivity contribution in [2.24, 2.45) is 4.99 Å². The number of nitrogens with zero attached hydrogens (tertiary/aromatic N) is 5. The quantitative estimate of drug-likeness (QED) is 0.330. The number of piperazine rings is 1. The number of ether oxygens (including phenoxy) is 1. The molecule has 0 spiro atoms. The van der Waals surface area contributed by atoms with E-state index in [2.05, 4.69) is 27.2 Å². The lowest BCUT2D eigenvalue weighted by molar-refractivity contribution is -0.136. The third kappa shape index (κ3) is 6.81. The second-order valence-electron chi connectivity index (χ2n) is 7.54. The Kier molecular flexibility index (Phi) is 10.3. The molecule has 2 aliphatic heterocycles. The fourth-order valence-corrected chi connectivity index (χ4v) is 3.78. The normalized spacial score (nSPS) is 18.3. The van der Waals surface area contributed by atoms with E-state index in [1.54, 1.807) is 0 Å². The summed E-state index contributed by atoms with van der Waals surface area (Å²) in [6.07, 6.45) is 0.823. The van der Waals surface area contributed by atoms with Crippen LogP contribution in [0.1, 0.15) is 23.9 Å². The van der Waals surface area contributed by atoms with Gasteiger partial charge in [-0.05, 0) is 27.2 Å². The minimum atomic E-state index is 0. The van der Waals surface area contributed by atoms with E-state index >= 15 is 0 Å². The standard InChI is InChI=1S/C20H34N6O3.HI/c1-4-21-20(22-6-5-18-16(2)23-29-17(18)3)26-9-7-24(8-10-26)15-19(27)25-11-13-28-14-12-25;/h4-15H2,1-3H3,(H,21,22);1H. The number of rotatable bonds is 6. The third-order valence-electron chi connectivity index (χ3n) is 5.53. The maximum absolute atomic E-state index is 12.5. The Labute approximate surface area is 196 Å². The van der Waals surface area contributed by atoms with Crippen LogP contribution in [-0.2, 0) is 16.0 Å². The number of hydrogen-bond acceptors (Lipinski definition) is 6. The maximum Gasteiger partial charge on any atom is 0.236 e. The summed E-state index contributed by atoms with van der Waals surface area (Å²) in [5.74, 6) is 2.03. The Bertz CT molecular complexity index is 677. The van der Waals surface area contributed by atoms with Crippen LogP contribution in [0.15, 0.2) is 9.52 Å². The van der Waals surface area contributed by atoms with Crippen molar-refractivity contribution in [1.82, 2.24) is 25.2 Å². The van der Waals surface area contributed by atoms with E-state index in [4.69, 9.17) is 14.3 Å². The Hall–Kier alpha value is -1.40. The molecule has 9 nitrogen and oxygen atoms in total. The Morgan fingerprint density at radius 2 is 1.80 bits per heavy atom. The number of aliphatic imine (C=N–C) groups is 1. The van der Waals surface area contributed by atoms with Crippen LogP contribution in [0.4, 0.5) is 0 Å². The van der Waals surface area contributed by atoms with Gasteiger partial charge in [0.05, 0.1) is 25.5 Å². The molecular formula is C20H35IN6O3. The second kappa shape index (κ2) is 12.5. The van der Waals surface area contributed by atoms with Crippen molar-refractivity contribution in [2.45, 2.75) is 27.2 Å². The highest BCUT2D eigenvalue weighted by molar-refractivity contribution is 14.0. The lowest BCUT2D eigenvalue weighted by atomic mass is 10.1. The van der Waals surface area contributed by atoms with Crippen molar-refractivity contribution in [3.8, 4) is 0 Å². The zero-order valence-electron chi connectivity index (χ0n) is 18.4. The zero-order valence-corrected chi connectivity index (χ0v) is 20.7. The molecule has 2 saturated heterocycles. The van der Waals surface area contributed by atoms with E-state index in [-0.39, 0.29) is 29.9 Å². The summed E-state index contributed by atoms with van der Waals surface area (Å²) >= 11 is 0. The number of amides is 1. The fraction of sp³-hybridized carbons (Fsp3) is 0.750. The van der Waals surface area contributed by atoms with Crippen LogP contribution in [0.5, 0.6) is 0 Å².